The van der Waals surface area contributed by atoms with Gasteiger partial charge in [0.05, 0.1) is 6.10 Å². The van der Waals surface area contributed by atoms with Crippen LogP contribution in [0.5, 0.6) is 0 Å². The third kappa shape index (κ3) is 2.51. The standard InChI is InChI=1S/C29H48O/c1-17(2)24-14-15-28(6)27(4,5)18(3)26-23-10-8-19-16-20(30)9-11-21(19)22(23)12-13-25(26)29(24,28)7/h18-26,30H,1,8-16H2,2-7H3. The Hall–Kier alpha value is -0.300. The second-order valence-corrected chi connectivity index (χ2v) is 13.6. The van der Waals surface area contributed by atoms with Gasteiger partial charge in [0.15, 0.2) is 0 Å². The van der Waals surface area contributed by atoms with Crippen LogP contribution in [0.25, 0.3) is 0 Å². The third-order valence-corrected chi connectivity index (χ3v) is 13.1. The van der Waals surface area contributed by atoms with E-state index < -0.39 is 0 Å². The zero-order chi connectivity index (χ0) is 21.6. The first-order valence-corrected chi connectivity index (χ1v) is 13.4. The average Bonchev–Trinajstić information content (AvgIpc) is 2.99. The van der Waals surface area contributed by atoms with E-state index in [2.05, 4.69) is 48.1 Å². The minimum atomic E-state index is -0.0129. The Labute approximate surface area is 186 Å². The fourth-order valence-electron chi connectivity index (χ4n) is 11.1. The Balaban J connectivity index is 1.54. The van der Waals surface area contributed by atoms with Gasteiger partial charge in [-0.25, -0.2) is 0 Å². The summed E-state index contributed by atoms with van der Waals surface area (Å²) in [5, 5.41) is 10.3. The Morgan fingerprint density at radius 2 is 1.53 bits per heavy atom. The number of hydrogen-bond donors (Lipinski definition) is 1. The molecule has 30 heavy (non-hydrogen) atoms. The Bertz CT molecular complexity index is 707. The molecule has 11 unspecified atom stereocenters. The maximum Gasteiger partial charge on any atom is 0.0543 e. The molecule has 1 N–H and O–H groups in total. The molecule has 0 amide bonds. The molecule has 0 saturated heterocycles. The van der Waals surface area contributed by atoms with Crippen molar-refractivity contribution in [3.05, 3.63) is 12.2 Å². The van der Waals surface area contributed by atoms with Crippen molar-refractivity contribution in [1.29, 1.82) is 0 Å². The minimum absolute atomic E-state index is 0.0129. The third-order valence-electron chi connectivity index (χ3n) is 13.1. The largest absolute Gasteiger partial charge is 0.393 e. The Kier molecular flexibility index (Phi) is 4.92. The highest BCUT2D eigenvalue weighted by atomic mass is 16.3. The van der Waals surface area contributed by atoms with E-state index in [9.17, 15) is 5.11 Å². The SMILES string of the molecule is C=C(C)C1CCC2(C)C(C)(C)C(C)C3C4CCC5CC(O)CCC5C4CCC3C12C. The molecule has 5 rings (SSSR count). The van der Waals surface area contributed by atoms with Crippen LogP contribution in [0.1, 0.15) is 99.3 Å². The summed E-state index contributed by atoms with van der Waals surface area (Å²) < 4.78 is 0. The predicted octanol–water partition coefficient (Wildman–Crippen LogP) is 7.49. The fourth-order valence-corrected chi connectivity index (χ4v) is 11.1. The quantitative estimate of drug-likeness (QED) is 0.442. The molecule has 5 fully saturated rings. The summed E-state index contributed by atoms with van der Waals surface area (Å²) in [6.45, 7) is 20.2. The van der Waals surface area contributed by atoms with Crippen LogP contribution in [0, 0.1) is 63.6 Å². The van der Waals surface area contributed by atoms with E-state index in [0.717, 1.165) is 54.3 Å². The molecule has 11 atom stereocenters. The molecule has 5 saturated carbocycles. The molecule has 1 heteroatoms. The normalized spacial score (nSPS) is 57.0. The zero-order valence-electron chi connectivity index (χ0n) is 20.7. The highest BCUT2D eigenvalue weighted by molar-refractivity contribution is 5.23. The smallest absolute Gasteiger partial charge is 0.0543 e. The molecule has 5 aliphatic rings. The molecule has 0 radical (unpaired) electrons. The molecule has 1 nitrogen and oxygen atoms in total. The number of aliphatic hydroxyl groups is 1. The topological polar surface area (TPSA) is 20.2 Å². The summed E-state index contributed by atoms with van der Waals surface area (Å²) in [4.78, 5) is 0. The van der Waals surface area contributed by atoms with Crippen molar-refractivity contribution in [2.75, 3.05) is 0 Å². The lowest BCUT2D eigenvalue weighted by molar-refractivity contribution is -0.222. The van der Waals surface area contributed by atoms with Crippen molar-refractivity contribution in [2.45, 2.75) is 105 Å². The van der Waals surface area contributed by atoms with Crippen LogP contribution in [0.15, 0.2) is 12.2 Å². The number of allylic oxidation sites excluding steroid dienone is 1. The van der Waals surface area contributed by atoms with E-state index in [1.807, 2.05) is 0 Å². The molecule has 170 valence electrons. The van der Waals surface area contributed by atoms with Gasteiger partial charge in [0, 0.05) is 0 Å². The van der Waals surface area contributed by atoms with Gasteiger partial charge in [0.1, 0.15) is 0 Å². The first kappa shape index (κ1) is 21.5. The van der Waals surface area contributed by atoms with E-state index in [1.165, 1.54) is 50.5 Å². The maximum absolute atomic E-state index is 10.3. The van der Waals surface area contributed by atoms with Crippen LogP contribution in [0.2, 0.25) is 0 Å². The maximum atomic E-state index is 10.3. The second kappa shape index (κ2) is 6.85. The van der Waals surface area contributed by atoms with Gasteiger partial charge in [-0.3, -0.25) is 0 Å². The van der Waals surface area contributed by atoms with Gasteiger partial charge in [-0.2, -0.15) is 0 Å². The molecular weight excluding hydrogens is 364 g/mol. The zero-order valence-corrected chi connectivity index (χ0v) is 20.7. The fraction of sp³-hybridized carbons (Fsp3) is 0.931. The van der Waals surface area contributed by atoms with Gasteiger partial charge in [0.2, 0.25) is 0 Å². The van der Waals surface area contributed by atoms with Crippen LogP contribution in [-0.2, 0) is 0 Å². The molecular formula is C29H48O. The van der Waals surface area contributed by atoms with E-state index >= 15 is 0 Å². The Morgan fingerprint density at radius 1 is 0.867 bits per heavy atom. The van der Waals surface area contributed by atoms with Crippen molar-refractivity contribution < 1.29 is 5.11 Å². The van der Waals surface area contributed by atoms with E-state index in [1.54, 1.807) is 0 Å². The van der Waals surface area contributed by atoms with E-state index in [4.69, 9.17) is 0 Å². The highest BCUT2D eigenvalue weighted by Crippen LogP contribution is 2.78. The molecule has 0 bridgehead atoms. The van der Waals surface area contributed by atoms with Crippen LogP contribution < -0.4 is 0 Å². The lowest BCUT2D eigenvalue weighted by Gasteiger charge is -2.70. The van der Waals surface area contributed by atoms with Crippen molar-refractivity contribution in [2.24, 2.45) is 63.6 Å². The van der Waals surface area contributed by atoms with Gasteiger partial charge >= 0.3 is 0 Å². The van der Waals surface area contributed by atoms with Crippen LogP contribution in [-0.4, -0.2) is 11.2 Å². The number of hydrogen-bond acceptors (Lipinski definition) is 1. The van der Waals surface area contributed by atoms with Crippen LogP contribution in [0.3, 0.4) is 0 Å². The number of fused-ring (bicyclic) bond motifs is 7. The van der Waals surface area contributed by atoms with Gasteiger partial charge < -0.3 is 5.11 Å². The van der Waals surface area contributed by atoms with Gasteiger partial charge in [0.25, 0.3) is 0 Å². The van der Waals surface area contributed by atoms with E-state index in [0.29, 0.717) is 22.2 Å². The van der Waals surface area contributed by atoms with Crippen molar-refractivity contribution in [3.8, 4) is 0 Å². The molecule has 0 aromatic carbocycles. The molecule has 5 aliphatic carbocycles. The summed E-state index contributed by atoms with van der Waals surface area (Å²) in [5.41, 5.74) is 2.67. The second-order valence-electron chi connectivity index (χ2n) is 13.6. The summed E-state index contributed by atoms with van der Waals surface area (Å²) in [6.07, 6.45) is 11.9. The number of aliphatic hydroxyl groups excluding tert-OH is 1. The first-order valence-electron chi connectivity index (χ1n) is 13.4. The monoisotopic (exact) mass is 412 g/mol. The Morgan fingerprint density at radius 3 is 2.23 bits per heavy atom. The summed E-state index contributed by atoms with van der Waals surface area (Å²) in [6, 6.07) is 0. The van der Waals surface area contributed by atoms with Crippen molar-refractivity contribution >= 4 is 0 Å². The summed E-state index contributed by atoms with van der Waals surface area (Å²) >= 11 is 0. The average molecular weight is 413 g/mol. The van der Waals surface area contributed by atoms with Gasteiger partial charge in [-0.15, -0.1) is 0 Å². The number of rotatable bonds is 1. The van der Waals surface area contributed by atoms with Crippen molar-refractivity contribution in [1.82, 2.24) is 0 Å². The first-order chi connectivity index (χ1) is 14.0. The molecule has 0 aromatic heterocycles. The van der Waals surface area contributed by atoms with Crippen molar-refractivity contribution in [3.63, 3.8) is 0 Å². The predicted molar refractivity (Wildman–Crippen MR) is 126 cm³/mol. The lowest BCUT2D eigenvalue weighted by Crippen LogP contribution is -2.65. The summed E-state index contributed by atoms with van der Waals surface area (Å²) in [7, 11) is 0. The van der Waals surface area contributed by atoms with Crippen LogP contribution in [0.4, 0.5) is 0 Å². The van der Waals surface area contributed by atoms with E-state index in [-0.39, 0.29) is 6.10 Å². The lowest BCUT2D eigenvalue weighted by atomic mass is 9.34. The molecule has 0 spiro atoms. The van der Waals surface area contributed by atoms with Gasteiger partial charge in [-0.05, 0) is 128 Å². The van der Waals surface area contributed by atoms with Gasteiger partial charge in [-0.1, -0.05) is 46.8 Å². The molecule has 0 aliphatic heterocycles. The molecule has 0 heterocycles. The minimum Gasteiger partial charge on any atom is -0.393 e. The van der Waals surface area contributed by atoms with Crippen LogP contribution >= 0.6 is 0 Å². The summed E-state index contributed by atoms with van der Waals surface area (Å²) in [5.74, 6) is 6.88. The highest BCUT2D eigenvalue weighted by Gasteiger charge is 2.71. The molecule has 0 aromatic rings.